The topological polar surface area (TPSA) is 13.1 Å². The van der Waals surface area contributed by atoms with Gasteiger partial charge in [0.25, 0.3) is 0 Å². The van der Waals surface area contributed by atoms with E-state index in [4.69, 9.17) is 4.74 Å². The number of methoxy groups -OCH3 is 1. The zero-order chi connectivity index (χ0) is 13.2. The summed E-state index contributed by atoms with van der Waals surface area (Å²) in [6, 6.07) is 16.6. The summed E-state index contributed by atoms with van der Waals surface area (Å²) in [6.07, 6.45) is 4.21. The first kappa shape index (κ1) is 11.7. The maximum atomic E-state index is 5.44. The number of hydrogen-bond donors (Lipinski definition) is 0. The molecule has 0 radical (unpaired) electrons. The van der Waals surface area contributed by atoms with Crippen LogP contribution in [0.2, 0.25) is 0 Å². The van der Waals surface area contributed by atoms with Crippen LogP contribution in [0.25, 0.3) is 16.5 Å². The maximum absolute atomic E-state index is 5.44. The number of fused-ring (bicyclic) bond motifs is 1. The molecule has 0 amide bonds. The molecule has 3 rings (SSSR count). The van der Waals surface area contributed by atoms with Gasteiger partial charge in [0.1, 0.15) is 5.75 Å². The molecule has 0 atom stereocenters. The highest BCUT2D eigenvalue weighted by atomic mass is 16.5. The Bertz CT molecular complexity index is 734. The van der Waals surface area contributed by atoms with E-state index in [9.17, 15) is 0 Å². The van der Waals surface area contributed by atoms with Gasteiger partial charge in [0.2, 0.25) is 5.69 Å². The third kappa shape index (κ3) is 2.06. The van der Waals surface area contributed by atoms with Crippen molar-refractivity contribution in [3.05, 3.63) is 66.5 Å². The Kier molecular flexibility index (Phi) is 2.92. The summed E-state index contributed by atoms with van der Waals surface area (Å²) in [5.41, 5.74) is 2.44. The Morgan fingerprint density at radius 3 is 2.58 bits per heavy atom. The molecular formula is C17H16NO+. The van der Waals surface area contributed by atoms with Gasteiger partial charge in [-0.05, 0) is 18.4 Å². The molecule has 2 nitrogen and oxygen atoms in total. The van der Waals surface area contributed by atoms with Gasteiger partial charge in [-0.3, -0.25) is 0 Å². The molecule has 19 heavy (non-hydrogen) atoms. The van der Waals surface area contributed by atoms with Crippen LogP contribution in [0.4, 0.5) is 0 Å². The summed E-state index contributed by atoms with van der Waals surface area (Å²) in [4.78, 5) is 0. The molecule has 0 aliphatic carbocycles. The number of pyridine rings is 1. The zero-order valence-electron chi connectivity index (χ0n) is 11.1. The highest BCUT2D eigenvalue weighted by Gasteiger charge is 2.11. The molecule has 94 valence electrons. The van der Waals surface area contributed by atoms with Crippen LogP contribution in [-0.2, 0) is 0 Å². The highest BCUT2D eigenvalue weighted by molar-refractivity contribution is 5.86. The number of benzene rings is 2. The van der Waals surface area contributed by atoms with Crippen LogP contribution >= 0.6 is 0 Å². The molecule has 0 saturated heterocycles. The summed E-state index contributed by atoms with van der Waals surface area (Å²) in [6.45, 7) is 2.12. The fourth-order valence-electron chi connectivity index (χ4n) is 2.37. The second-order valence-electron chi connectivity index (χ2n) is 4.60. The summed E-state index contributed by atoms with van der Waals surface area (Å²) >= 11 is 0. The minimum Gasteiger partial charge on any atom is -0.496 e. The quantitative estimate of drug-likeness (QED) is 0.635. The van der Waals surface area contributed by atoms with Gasteiger partial charge < -0.3 is 4.74 Å². The van der Waals surface area contributed by atoms with Crippen molar-refractivity contribution in [1.82, 2.24) is 0 Å². The standard InChI is InChI=1S/C17H16NO/c1-13-6-3-4-8-16(13)18-11-10-14-7-5-9-17(19-2)15(14)12-18/h3-12H,1-2H3/q+1. The normalized spacial score (nSPS) is 10.6. The van der Waals surface area contributed by atoms with Crippen molar-refractivity contribution in [3.63, 3.8) is 0 Å². The van der Waals surface area contributed by atoms with E-state index in [-0.39, 0.29) is 0 Å². The lowest BCUT2D eigenvalue weighted by atomic mass is 10.1. The van der Waals surface area contributed by atoms with Crippen LogP contribution in [-0.4, -0.2) is 7.11 Å². The van der Waals surface area contributed by atoms with E-state index in [1.165, 1.54) is 16.6 Å². The van der Waals surface area contributed by atoms with E-state index in [0.717, 1.165) is 11.1 Å². The van der Waals surface area contributed by atoms with Gasteiger partial charge >= 0.3 is 0 Å². The highest BCUT2D eigenvalue weighted by Crippen LogP contribution is 2.23. The number of aromatic nitrogens is 1. The molecular weight excluding hydrogens is 234 g/mol. The van der Waals surface area contributed by atoms with Crippen molar-refractivity contribution in [1.29, 1.82) is 0 Å². The number of hydrogen-bond acceptors (Lipinski definition) is 1. The number of ether oxygens (including phenoxy) is 1. The third-order valence-corrected chi connectivity index (χ3v) is 3.40. The first-order valence-corrected chi connectivity index (χ1v) is 6.33. The second-order valence-corrected chi connectivity index (χ2v) is 4.60. The average Bonchev–Trinajstić information content (AvgIpc) is 2.46. The van der Waals surface area contributed by atoms with Crippen LogP contribution < -0.4 is 9.30 Å². The SMILES string of the molecule is COc1cccc2cc[n+](-c3ccccc3C)cc12. The van der Waals surface area contributed by atoms with E-state index < -0.39 is 0 Å². The first-order chi connectivity index (χ1) is 9.29. The molecule has 0 unspecified atom stereocenters. The fraction of sp³-hybridized carbons (Fsp3) is 0.118. The molecule has 1 heterocycles. The van der Waals surface area contributed by atoms with Crippen molar-refractivity contribution in [2.24, 2.45) is 0 Å². The van der Waals surface area contributed by atoms with Crippen LogP contribution in [0, 0.1) is 6.92 Å². The Labute approximate surface area is 112 Å². The molecule has 1 aromatic heterocycles. The summed E-state index contributed by atoms with van der Waals surface area (Å²) in [5, 5.41) is 2.31. The smallest absolute Gasteiger partial charge is 0.213 e. The minimum atomic E-state index is 0.903. The van der Waals surface area contributed by atoms with Crippen molar-refractivity contribution < 1.29 is 9.30 Å². The Morgan fingerprint density at radius 1 is 0.947 bits per heavy atom. The van der Waals surface area contributed by atoms with Gasteiger partial charge in [-0.1, -0.05) is 30.3 Å². The minimum absolute atomic E-state index is 0.903. The van der Waals surface area contributed by atoms with Crippen LogP contribution in [0.1, 0.15) is 5.56 Å². The van der Waals surface area contributed by atoms with Crippen molar-refractivity contribution >= 4 is 10.8 Å². The van der Waals surface area contributed by atoms with Gasteiger partial charge in [-0.15, -0.1) is 0 Å². The molecule has 0 saturated carbocycles. The molecule has 2 heteroatoms. The van der Waals surface area contributed by atoms with Gasteiger partial charge in [0.15, 0.2) is 12.4 Å². The number of aryl methyl sites for hydroxylation is 1. The lowest BCUT2D eigenvalue weighted by molar-refractivity contribution is -0.594. The summed E-state index contributed by atoms with van der Waals surface area (Å²) in [7, 11) is 1.71. The Morgan fingerprint density at radius 2 is 1.79 bits per heavy atom. The van der Waals surface area contributed by atoms with Crippen molar-refractivity contribution in [2.45, 2.75) is 6.92 Å². The summed E-state index contributed by atoms with van der Waals surface area (Å²) < 4.78 is 7.57. The van der Waals surface area contributed by atoms with E-state index in [0.29, 0.717) is 0 Å². The molecule has 0 fully saturated rings. The summed E-state index contributed by atoms with van der Waals surface area (Å²) in [5.74, 6) is 0.903. The van der Waals surface area contributed by atoms with Crippen LogP contribution in [0.3, 0.4) is 0 Å². The lowest BCUT2D eigenvalue weighted by Gasteiger charge is -2.05. The molecule has 0 aliphatic rings. The molecule has 3 aromatic rings. The molecule has 0 aliphatic heterocycles. The Hall–Kier alpha value is -2.35. The zero-order valence-corrected chi connectivity index (χ0v) is 11.1. The number of nitrogens with zero attached hydrogens (tertiary/aromatic N) is 1. The molecule has 0 N–H and O–H groups in total. The van der Waals surface area contributed by atoms with Crippen molar-refractivity contribution in [3.8, 4) is 11.4 Å². The Balaban J connectivity index is 2.24. The van der Waals surface area contributed by atoms with Gasteiger partial charge in [-0.25, -0.2) is 0 Å². The van der Waals surface area contributed by atoms with E-state index in [2.05, 4.69) is 60.3 Å². The fourth-order valence-corrected chi connectivity index (χ4v) is 2.37. The maximum Gasteiger partial charge on any atom is 0.213 e. The van der Waals surface area contributed by atoms with E-state index >= 15 is 0 Å². The predicted molar refractivity (Wildman–Crippen MR) is 76.8 cm³/mol. The van der Waals surface area contributed by atoms with E-state index in [1.807, 2.05) is 12.1 Å². The number of rotatable bonds is 2. The third-order valence-electron chi connectivity index (χ3n) is 3.40. The first-order valence-electron chi connectivity index (χ1n) is 6.33. The van der Waals surface area contributed by atoms with E-state index in [1.54, 1.807) is 7.11 Å². The van der Waals surface area contributed by atoms with Gasteiger partial charge in [0.05, 0.1) is 12.5 Å². The monoisotopic (exact) mass is 250 g/mol. The predicted octanol–water partition coefficient (Wildman–Crippen LogP) is 3.43. The lowest BCUT2D eigenvalue weighted by Crippen LogP contribution is -2.30. The van der Waals surface area contributed by atoms with Gasteiger partial charge in [-0.2, -0.15) is 4.57 Å². The average molecular weight is 250 g/mol. The molecule has 2 aromatic carbocycles. The largest absolute Gasteiger partial charge is 0.496 e. The van der Waals surface area contributed by atoms with Crippen molar-refractivity contribution in [2.75, 3.05) is 7.11 Å². The second kappa shape index (κ2) is 4.73. The van der Waals surface area contributed by atoms with Gasteiger partial charge in [0, 0.05) is 17.7 Å². The molecule has 0 bridgehead atoms. The molecule has 0 spiro atoms. The van der Waals surface area contributed by atoms with Crippen LogP contribution in [0.15, 0.2) is 60.9 Å². The number of para-hydroxylation sites is 1. The van der Waals surface area contributed by atoms with Crippen LogP contribution in [0.5, 0.6) is 5.75 Å².